The first kappa shape index (κ1) is 13.5. The number of carbonyl (C=O) groups excluding carboxylic acids is 1. The van der Waals surface area contributed by atoms with Crippen LogP contribution in [0.25, 0.3) is 0 Å². The molecule has 0 bridgehead atoms. The van der Waals surface area contributed by atoms with E-state index < -0.39 is 0 Å². The highest BCUT2D eigenvalue weighted by Crippen LogP contribution is 2.20. The van der Waals surface area contributed by atoms with E-state index in [0.717, 1.165) is 36.9 Å². The van der Waals surface area contributed by atoms with Gasteiger partial charge in [-0.1, -0.05) is 6.92 Å². The van der Waals surface area contributed by atoms with Gasteiger partial charge in [-0.05, 0) is 32.1 Å². The molecule has 5 heteroatoms. The topological polar surface area (TPSA) is 59.2 Å². The number of hydrogen-bond donors (Lipinski definition) is 1. The first-order chi connectivity index (χ1) is 8.58. The van der Waals surface area contributed by atoms with Crippen molar-refractivity contribution in [2.75, 3.05) is 13.1 Å². The summed E-state index contributed by atoms with van der Waals surface area (Å²) in [7, 11) is 0. The van der Waals surface area contributed by atoms with Crippen LogP contribution in [-0.4, -0.2) is 28.9 Å². The number of aromatic nitrogens is 1. The molecule has 18 heavy (non-hydrogen) atoms. The summed E-state index contributed by atoms with van der Waals surface area (Å²) in [5.74, 6) is 0.783. The van der Waals surface area contributed by atoms with Gasteiger partial charge >= 0.3 is 0 Å². The van der Waals surface area contributed by atoms with Gasteiger partial charge in [0.25, 0.3) is 5.91 Å². The maximum atomic E-state index is 12.3. The lowest BCUT2D eigenvalue weighted by Crippen LogP contribution is -2.32. The van der Waals surface area contributed by atoms with Crippen LogP contribution in [0.5, 0.6) is 0 Å². The second kappa shape index (κ2) is 5.80. The molecule has 100 valence electrons. The van der Waals surface area contributed by atoms with Gasteiger partial charge in [0, 0.05) is 18.5 Å². The third-order valence-corrected chi connectivity index (χ3v) is 4.48. The van der Waals surface area contributed by atoms with E-state index >= 15 is 0 Å². The maximum absolute atomic E-state index is 12.3. The molecular formula is C13H21N3OS. The third-order valence-electron chi connectivity index (χ3n) is 3.43. The number of thiazole rings is 1. The molecule has 1 fully saturated rings. The lowest BCUT2D eigenvalue weighted by molar-refractivity contribution is 0.0755. The zero-order chi connectivity index (χ0) is 13.1. The molecule has 0 spiro atoms. The minimum Gasteiger partial charge on any atom is -0.337 e. The SMILES string of the molecule is CC1CCCN(C(=O)c2csc(C(C)N)n2)CC1. The number of amides is 1. The van der Waals surface area contributed by atoms with Crippen LogP contribution >= 0.6 is 11.3 Å². The van der Waals surface area contributed by atoms with Crippen molar-refractivity contribution < 1.29 is 4.79 Å². The Morgan fingerprint density at radius 2 is 2.33 bits per heavy atom. The highest BCUT2D eigenvalue weighted by Gasteiger charge is 2.22. The molecule has 0 saturated carbocycles. The van der Waals surface area contributed by atoms with Gasteiger partial charge in [0.2, 0.25) is 0 Å². The minimum atomic E-state index is -0.0966. The normalized spacial score (nSPS) is 22.6. The molecule has 2 rings (SSSR count). The van der Waals surface area contributed by atoms with Crippen molar-refractivity contribution in [2.45, 2.75) is 39.2 Å². The van der Waals surface area contributed by atoms with Crippen LogP contribution < -0.4 is 5.73 Å². The summed E-state index contributed by atoms with van der Waals surface area (Å²) in [6.07, 6.45) is 3.40. The molecule has 0 radical (unpaired) electrons. The second-order valence-corrected chi connectivity index (χ2v) is 6.08. The highest BCUT2D eigenvalue weighted by molar-refractivity contribution is 7.09. The van der Waals surface area contributed by atoms with Gasteiger partial charge in [0.05, 0.1) is 6.04 Å². The first-order valence-electron chi connectivity index (χ1n) is 6.58. The molecule has 1 aliphatic rings. The predicted octanol–water partition coefficient (Wildman–Crippen LogP) is 2.43. The maximum Gasteiger partial charge on any atom is 0.273 e. The quantitative estimate of drug-likeness (QED) is 0.895. The van der Waals surface area contributed by atoms with Gasteiger partial charge in [-0.2, -0.15) is 0 Å². The summed E-state index contributed by atoms with van der Waals surface area (Å²) < 4.78 is 0. The molecule has 2 N–H and O–H groups in total. The van der Waals surface area contributed by atoms with E-state index in [1.54, 1.807) is 0 Å². The Morgan fingerprint density at radius 3 is 3.00 bits per heavy atom. The van der Waals surface area contributed by atoms with Crippen molar-refractivity contribution in [1.29, 1.82) is 0 Å². The molecule has 0 aliphatic carbocycles. The first-order valence-corrected chi connectivity index (χ1v) is 7.46. The smallest absolute Gasteiger partial charge is 0.273 e. The Morgan fingerprint density at radius 1 is 1.56 bits per heavy atom. The number of nitrogens with zero attached hydrogens (tertiary/aromatic N) is 2. The molecule has 1 aliphatic heterocycles. The van der Waals surface area contributed by atoms with Crippen molar-refractivity contribution in [1.82, 2.24) is 9.88 Å². The van der Waals surface area contributed by atoms with Crippen molar-refractivity contribution >= 4 is 17.2 Å². The summed E-state index contributed by atoms with van der Waals surface area (Å²) in [6.45, 7) is 5.85. The molecule has 2 atom stereocenters. The Hall–Kier alpha value is -0.940. The van der Waals surface area contributed by atoms with Crippen LogP contribution in [0, 0.1) is 5.92 Å². The fourth-order valence-corrected chi connectivity index (χ4v) is 2.97. The molecule has 1 saturated heterocycles. The predicted molar refractivity (Wildman–Crippen MR) is 73.6 cm³/mol. The Labute approximate surface area is 112 Å². The molecule has 1 aromatic rings. The van der Waals surface area contributed by atoms with E-state index in [0.29, 0.717) is 5.69 Å². The van der Waals surface area contributed by atoms with Crippen LogP contribution in [-0.2, 0) is 0 Å². The number of nitrogens with two attached hydrogens (primary N) is 1. The largest absolute Gasteiger partial charge is 0.337 e. The molecule has 1 aromatic heterocycles. The van der Waals surface area contributed by atoms with E-state index in [9.17, 15) is 4.79 Å². The van der Waals surface area contributed by atoms with Crippen LogP contribution in [0.15, 0.2) is 5.38 Å². The van der Waals surface area contributed by atoms with Gasteiger partial charge < -0.3 is 10.6 Å². The van der Waals surface area contributed by atoms with Crippen molar-refractivity contribution in [3.8, 4) is 0 Å². The Kier molecular flexibility index (Phi) is 4.35. The van der Waals surface area contributed by atoms with E-state index in [1.165, 1.54) is 17.8 Å². The monoisotopic (exact) mass is 267 g/mol. The second-order valence-electron chi connectivity index (χ2n) is 5.19. The number of rotatable bonds is 2. The van der Waals surface area contributed by atoms with Gasteiger partial charge in [-0.15, -0.1) is 11.3 Å². The average molecular weight is 267 g/mol. The average Bonchev–Trinajstić information content (AvgIpc) is 2.73. The fourth-order valence-electron chi connectivity index (χ4n) is 2.22. The standard InChI is InChI=1S/C13H21N3OS/c1-9-4-3-6-16(7-5-9)13(17)11-8-18-12(15-11)10(2)14/h8-10H,3-7,14H2,1-2H3. The summed E-state index contributed by atoms with van der Waals surface area (Å²) in [6, 6.07) is -0.0966. The molecular weight excluding hydrogens is 246 g/mol. The molecule has 2 heterocycles. The van der Waals surface area contributed by atoms with Crippen LogP contribution in [0.1, 0.15) is 54.6 Å². The number of carbonyl (C=O) groups is 1. The lowest BCUT2D eigenvalue weighted by atomic mass is 10.0. The van der Waals surface area contributed by atoms with Gasteiger partial charge in [0.15, 0.2) is 0 Å². The molecule has 4 nitrogen and oxygen atoms in total. The van der Waals surface area contributed by atoms with Crippen molar-refractivity contribution in [3.63, 3.8) is 0 Å². The van der Waals surface area contributed by atoms with Gasteiger partial charge in [-0.25, -0.2) is 4.98 Å². The lowest BCUT2D eigenvalue weighted by Gasteiger charge is -2.19. The van der Waals surface area contributed by atoms with Crippen molar-refractivity contribution in [2.24, 2.45) is 11.7 Å². The molecule has 2 unspecified atom stereocenters. The number of hydrogen-bond acceptors (Lipinski definition) is 4. The van der Waals surface area contributed by atoms with E-state index in [4.69, 9.17) is 5.73 Å². The van der Waals surface area contributed by atoms with E-state index in [1.807, 2.05) is 17.2 Å². The van der Waals surface area contributed by atoms with E-state index in [-0.39, 0.29) is 11.9 Å². The molecule has 0 aromatic carbocycles. The van der Waals surface area contributed by atoms with E-state index in [2.05, 4.69) is 11.9 Å². The van der Waals surface area contributed by atoms with Crippen LogP contribution in [0.4, 0.5) is 0 Å². The Balaban J connectivity index is 2.05. The fraction of sp³-hybridized carbons (Fsp3) is 0.692. The van der Waals surface area contributed by atoms with Crippen molar-refractivity contribution in [3.05, 3.63) is 16.1 Å². The number of likely N-dealkylation sites (tertiary alicyclic amines) is 1. The zero-order valence-electron chi connectivity index (χ0n) is 11.1. The highest BCUT2D eigenvalue weighted by atomic mass is 32.1. The molecule has 1 amide bonds. The summed E-state index contributed by atoms with van der Waals surface area (Å²) >= 11 is 1.47. The third kappa shape index (κ3) is 3.09. The summed E-state index contributed by atoms with van der Waals surface area (Å²) in [4.78, 5) is 18.6. The summed E-state index contributed by atoms with van der Waals surface area (Å²) in [5.41, 5.74) is 6.33. The summed E-state index contributed by atoms with van der Waals surface area (Å²) in [5, 5.41) is 2.66. The van der Waals surface area contributed by atoms with Gasteiger partial charge in [0.1, 0.15) is 10.7 Å². The van der Waals surface area contributed by atoms with Crippen LogP contribution in [0.3, 0.4) is 0 Å². The van der Waals surface area contributed by atoms with Gasteiger partial charge in [-0.3, -0.25) is 4.79 Å². The zero-order valence-corrected chi connectivity index (χ0v) is 11.9. The van der Waals surface area contributed by atoms with Crippen LogP contribution in [0.2, 0.25) is 0 Å². The minimum absolute atomic E-state index is 0.0623. The Bertz CT molecular complexity index is 416.